The molecule has 2 atom stereocenters. The molecule has 9 nitrogen and oxygen atoms in total. The molecule has 1 aromatic heterocycles. The minimum atomic E-state index is -3.87. The molecule has 1 amide bonds. The first-order valence-corrected chi connectivity index (χ1v) is 14.3. The Morgan fingerprint density at radius 3 is 2.47 bits per heavy atom. The number of carbonyl (C=O) groups is 1. The van der Waals surface area contributed by atoms with E-state index in [0.717, 1.165) is 16.6 Å². The van der Waals surface area contributed by atoms with Gasteiger partial charge in [-0.3, -0.25) is 9.52 Å². The van der Waals surface area contributed by atoms with Crippen LogP contribution >= 0.6 is 0 Å². The summed E-state index contributed by atoms with van der Waals surface area (Å²) in [6.45, 7) is 1.82. The third-order valence-electron chi connectivity index (χ3n) is 6.13. The third-order valence-corrected chi connectivity index (χ3v) is 9.30. The van der Waals surface area contributed by atoms with Gasteiger partial charge in [-0.15, -0.1) is 0 Å². The van der Waals surface area contributed by atoms with Crippen LogP contribution in [0.2, 0.25) is 0 Å². The highest BCUT2D eigenvalue weighted by molar-refractivity contribution is 7.90. The van der Waals surface area contributed by atoms with Crippen LogP contribution in [0.25, 0.3) is 11.0 Å². The largest absolute Gasteiger partial charge is 0.341 e. The maximum absolute atomic E-state index is 13.2. The second-order valence-corrected chi connectivity index (χ2v) is 12.4. The van der Waals surface area contributed by atoms with Crippen molar-refractivity contribution in [3.05, 3.63) is 95.3 Å². The Kier molecular flexibility index (Phi) is 6.15. The number of hydrogen-bond donors (Lipinski definition) is 3. The number of rotatable bonds is 7. The summed E-state index contributed by atoms with van der Waals surface area (Å²) in [6, 6.07) is 20.2. The van der Waals surface area contributed by atoms with Crippen molar-refractivity contribution >= 4 is 37.0 Å². The molecule has 3 aromatic carbocycles. The van der Waals surface area contributed by atoms with Gasteiger partial charge in [0.1, 0.15) is 11.1 Å². The second kappa shape index (κ2) is 9.16. The summed E-state index contributed by atoms with van der Waals surface area (Å²) in [5.41, 5.74) is 3.59. The fourth-order valence-electron chi connectivity index (χ4n) is 4.32. The molecule has 0 spiro atoms. The number of para-hydroxylation sites is 2. The van der Waals surface area contributed by atoms with Crippen molar-refractivity contribution in [1.29, 1.82) is 0 Å². The highest BCUT2D eigenvalue weighted by atomic mass is 32.2. The quantitative estimate of drug-likeness (QED) is 0.340. The van der Waals surface area contributed by atoms with E-state index in [1.54, 1.807) is 36.4 Å². The molecule has 0 saturated carbocycles. The molecule has 1 aliphatic rings. The number of imidazole rings is 1. The van der Waals surface area contributed by atoms with E-state index < -0.39 is 37.2 Å². The van der Waals surface area contributed by atoms with Gasteiger partial charge in [0.05, 0.1) is 28.4 Å². The normalized spacial score (nSPS) is 18.2. The molecule has 0 bridgehead atoms. The summed E-state index contributed by atoms with van der Waals surface area (Å²) >= 11 is 0. The van der Waals surface area contributed by atoms with E-state index in [2.05, 4.69) is 14.7 Å². The van der Waals surface area contributed by atoms with Crippen LogP contribution in [-0.4, -0.2) is 32.7 Å². The maximum atomic E-state index is 13.2. The summed E-state index contributed by atoms with van der Waals surface area (Å²) in [6.07, 6.45) is 0.138. The number of benzene rings is 3. The molecule has 0 aliphatic carbocycles. The number of H-pyrrole nitrogens is 1. The molecule has 11 heteroatoms. The van der Waals surface area contributed by atoms with E-state index in [-0.39, 0.29) is 17.7 Å². The van der Waals surface area contributed by atoms with Crippen LogP contribution in [0.4, 0.5) is 0 Å². The number of fused-ring (bicyclic) bond motifs is 1. The summed E-state index contributed by atoms with van der Waals surface area (Å²) in [4.78, 5) is 19.6. The molecule has 1 unspecified atom stereocenters. The first-order chi connectivity index (χ1) is 17.1. The standard InChI is InChI=1S/C25H24N4O5S2/c1-16-5-4-6-19(13-16)35(31,32)28-22(25-26-20-7-2-3-8-21(20)27-25)14-17-9-11-18(12-10-17)23-15-24(30)29-36(23,33)34/h2-13,22-23,28H,14-15H2,1H3,(H,26,27)(H,29,30)/t22-,23?/m0/s1. The molecule has 2 heterocycles. The molecule has 3 N–H and O–H groups in total. The van der Waals surface area contributed by atoms with Crippen LogP contribution in [0.15, 0.2) is 77.7 Å². The van der Waals surface area contributed by atoms with Gasteiger partial charge in [0.15, 0.2) is 0 Å². The van der Waals surface area contributed by atoms with Crippen molar-refractivity contribution in [2.24, 2.45) is 0 Å². The third kappa shape index (κ3) is 4.90. The number of hydrogen-bond acceptors (Lipinski definition) is 6. The molecular formula is C25H24N4O5S2. The maximum Gasteiger partial charge on any atom is 0.242 e. The topological polar surface area (TPSA) is 138 Å². The lowest BCUT2D eigenvalue weighted by Gasteiger charge is -2.18. The predicted octanol–water partition coefficient (Wildman–Crippen LogP) is 3.02. The minimum Gasteiger partial charge on any atom is -0.341 e. The number of aromatic nitrogens is 2. The van der Waals surface area contributed by atoms with Gasteiger partial charge in [0.2, 0.25) is 26.0 Å². The molecule has 1 fully saturated rings. The van der Waals surface area contributed by atoms with Gasteiger partial charge in [-0.25, -0.2) is 26.5 Å². The zero-order valence-electron chi connectivity index (χ0n) is 19.3. The molecule has 5 rings (SSSR count). The molecule has 186 valence electrons. The van der Waals surface area contributed by atoms with E-state index >= 15 is 0 Å². The number of nitrogens with one attached hydrogen (secondary N) is 3. The Hall–Kier alpha value is -3.54. The molecule has 4 aromatic rings. The van der Waals surface area contributed by atoms with E-state index in [4.69, 9.17) is 0 Å². The van der Waals surface area contributed by atoms with Crippen molar-refractivity contribution in [2.75, 3.05) is 0 Å². The molecule has 0 radical (unpaired) electrons. The highest BCUT2D eigenvalue weighted by Gasteiger charge is 2.37. The Balaban J connectivity index is 1.46. The Bertz CT molecular complexity index is 1630. The van der Waals surface area contributed by atoms with E-state index in [9.17, 15) is 21.6 Å². The smallest absolute Gasteiger partial charge is 0.242 e. The molecule has 1 saturated heterocycles. The van der Waals surface area contributed by atoms with E-state index in [1.807, 2.05) is 42.0 Å². The minimum absolute atomic E-state index is 0.125. The zero-order chi connectivity index (χ0) is 25.5. The Labute approximate surface area is 209 Å². The number of nitrogens with zero attached hydrogens (tertiary/aromatic N) is 1. The highest BCUT2D eigenvalue weighted by Crippen LogP contribution is 2.31. The van der Waals surface area contributed by atoms with Gasteiger partial charge in [0.25, 0.3) is 0 Å². The van der Waals surface area contributed by atoms with Crippen molar-refractivity contribution < 1.29 is 21.6 Å². The number of carbonyl (C=O) groups excluding carboxylic acids is 1. The van der Waals surface area contributed by atoms with Gasteiger partial charge < -0.3 is 4.98 Å². The average molecular weight is 525 g/mol. The van der Waals surface area contributed by atoms with E-state index in [1.165, 1.54) is 6.07 Å². The Morgan fingerprint density at radius 1 is 1.06 bits per heavy atom. The molecule has 36 heavy (non-hydrogen) atoms. The molecular weight excluding hydrogens is 500 g/mol. The van der Waals surface area contributed by atoms with Gasteiger partial charge in [0, 0.05) is 0 Å². The number of amides is 1. The van der Waals surface area contributed by atoms with Gasteiger partial charge in [-0.05, 0) is 54.3 Å². The van der Waals surface area contributed by atoms with Crippen molar-refractivity contribution in [1.82, 2.24) is 19.4 Å². The van der Waals surface area contributed by atoms with Crippen LogP contribution in [0.3, 0.4) is 0 Å². The number of aromatic amines is 1. The van der Waals surface area contributed by atoms with Gasteiger partial charge in [-0.1, -0.05) is 48.5 Å². The van der Waals surface area contributed by atoms with Crippen LogP contribution < -0.4 is 9.44 Å². The van der Waals surface area contributed by atoms with Crippen molar-refractivity contribution in [3.8, 4) is 0 Å². The predicted molar refractivity (Wildman–Crippen MR) is 135 cm³/mol. The lowest BCUT2D eigenvalue weighted by Crippen LogP contribution is -2.31. The van der Waals surface area contributed by atoms with Crippen molar-refractivity contribution in [3.63, 3.8) is 0 Å². The number of sulfonamides is 2. The summed E-state index contributed by atoms with van der Waals surface area (Å²) in [7, 11) is -7.61. The number of aryl methyl sites for hydroxylation is 1. The monoisotopic (exact) mass is 524 g/mol. The van der Waals surface area contributed by atoms with Crippen LogP contribution in [-0.2, 0) is 31.3 Å². The lowest BCUT2D eigenvalue weighted by molar-refractivity contribution is -0.118. The first-order valence-electron chi connectivity index (χ1n) is 11.3. The molecule has 1 aliphatic heterocycles. The van der Waals surface area contributed by atoms with Crippen LogP contribution in [0.5, 0.6) is 0 Å². The van der Waals surface area contributed by atoms with Gasteiger partial charge >= 0.3 is 0 Å². The van der Waals surface area contributed by atoms with Crippen molar-refractivity contribution in [2.45, 2.75) is 36.0 Å². The zero-order valence-corrected chi connectivity index (χ0v) is 20.9. The SMILES string of the molecule is Cc1cccc(S(=O)(=O)N[C@@H](Cc2ccc(C3CC(=O)NS3(=O)=O)cc2)c2nc3ccccc3[nH]2)c1. The Morgan fingerprint density at radius 2 is 1.81 bits per heavy atom. The summed E-state index contributed by atoms with van der Waals surface area (Å²) < 4.78 is 55.7. The fraction of sp³-hybridized carbons (Fsp3) is 0.200. The summed E-state index contributed by atoms with van der Waals surface area (Å²) in [5, 5.41) is -0.940. The fourth-order valence-corrected chi connectivity index (χ4v) is 7.05. The first kappa shape index (κ1) is 24.2. The van der Waals surface area contributed by atoms with Gasteiger partial charge in [-0.2, -0.15) is 0 Å². The van der Waals surface area contributed by atoms with Crippen LogP contribution in [0.1, 0.15) is 40.2 Å². The van der Waals surface area contributed by atoms with Crippen LogP contribution in [0, 0.1) is 6.92 Å². The second-order valence-electron chi connectivity index (χ2n) is 8.84. The lowest BCUT2D eigenvalue weighted by atomic mass is 10.0. The summed E-state index contributed by atoms with van der Waals surface area (Å²) in [5.74, 6) is -0.0655. The van der Waals surface area contributed by atoms with E-state index in [0.29, 0.717) is 16.9 Å². The average Bonchev–Trinajstić information content (AvgIpc) is 3.38.